The van der Waals surface area contributed by atoms with Crippen molar-refractivity contribution in [2.24, 2.45) is 5.73 Å². The molecule has 21 heavy (non-hydrogen) atoms. The quantitative estimate of drug-likeness (QED) is 0.889. The zero-order valence-corrected chi connectivity index (χ0v) is 13.6. The number of methoxy groups -OCH3 is 3. The molecule has 0 spiro atoms. The SMILES string of the molecule is CCc1ccc(C(N)c2ccc(OC)c(OC)c2OC)s1. The van der Waals surface area contributed by atoms with Gasteiger partial charge in [-0.1, -0.05) is 6.92 Å². The van der Waals surface area contributed by atoms with Crippen molar-refractivity contribution in [1.29, 1.82) is 0 Å². The molecule has 0 amide bonds. The van der Waals surface area contributed by atoms with Crippen molar-refractivity contribution < 1.29 is 14.2 Å². The van der Waals surface area contributed by atoms with Gasteiger partial charge < -0.3 is 19.9 Å². The van der Waals surface area contributed by atoms with Crippen LogP contribution in [0.15, 0.2) is 24.3 Å². The molecule has 114 valence electrons. The minimum atomic E-state index is -0.245. The fourth-order valence-electron chi connectivity index (χ4n) is 2.27. The number of hydrogen-bond acceptors (Lipinski definition) is 5. The topological polar surface area (TPSA) is 53.7 Å². The Morgan fingerprint density at radius 3 is 2.24 bits per heavy atom. The summed E-state index contributed by atoms with van der Waals surface area (Å²) in [5, 5.41) is 0. The molecule has 0 saturated heterocycles. The Kier molecular flexibility index (Phi) is 5.09. The molecule has 0 aliphatic carbocycles. The Bertz CT molecular complexity index is 610. The first kappa shape index (κ1) is 15.7. The van der Waals surface area contributed by atoms with Crippen molar-refractivity contribution in [3.05, 3.63) is 39.6 Å². The van der Waals surface area contributed by atoms with Crippen LogP contribution < -0.4 is 19.9 Å². The standard InChI is InChI=1S/C16H21NO3S/c1-5-10-6-9-13(21-10)14(17)11-7-8-12(18-2)16(20-4)15(11)19-3/h6-9,14H,5,17H2,1-4H3. The van der Waals surface area contributed by atoms with Gasteiger partial charge in [0.25, 0.3) is 0 Å². The molecule has 0 fully saturated rings. The van der Waals surface area contributed by atoms with E-state index in [1.807, 2.05) is 12.1 Å². The van der Waals surface area contributed by atoms with Crippen LogP contribution in [0.1, 0.15) is 28.3 Å². The largest absolute Gasteiger partial charge is 0.493 e. The molecule has 4 nitrogen and oxygen atoms in total. The van der Waals surface area contributed by atoms with E-state index in [0.717, 1.165) is 16.9 Å². The zero-order chi connectivity index (χ0) is 15.4. The van der Waals surface area contributed by atoms with Gasteiger partial charge in [-0.3, -0.25) is 0 Å². The predicted molar refractivity (Wildman–Crippen MR) is 85.8 cm³/mol. The van der Waals surface area contributed by atoms with Gasteiger partial charge in [-0.25, -0.2) is 0 Å². The summed E-state index contributed by atoms with van der Waals surface area (Å²) in [4.78, 5) is 2.43. The lowest BCUT2D eigenvalue weighted by Gasteiger charge is -2.19. The van der Waals surface area contributed by atoms with E-state index in [0.29, 0.717) is 17.2 Å². The van der Waals surface area contributed by atoms with Crippen LogP contribution in [0.4, 0.5) is 0 Å². The van der Waals surface area contributed by atoms with Gasteiger partial charge in [0.05, 0.1) is 27.4 Å². The van der Waals surface area contributed by atoms with Gasteiger partial charge in [0, 0.05) is 15.3 Å². The van der Waals surface area contributed by atoms with Crippen LogP contribution in [0.2, 0.25) is 0 Å². The fraction of sp³-hybridized carbons (Fsp3) is 0.375. The van der Waals surface area contributed by atoms with E-state index in [1.165, 1.54) is 4.88 Å². The van der Waals surface area contributed by atoms with Crippen molar-refractivity contribution in [3.63, 3.8) is 0 Å². The van der Waals surface area contributed by atoms with Crippen LogP contribution >= 0.6 is 11.3 Å². The van der Waals surface area contributed by atoms with Crippen molar-refractivity contribution >= 4 is 11.3 Å². The van der Waals surface area contributed by atoms with Crippen molar-refractivity contribution in [2.45, 2.75) is 19.4 Å². The molecule has 0 bridgehead atoms. The van der Waals surface area contributed by atoms with E-state index in [9.17, 15) is 0 Å². The number of aryl methyl sites for hydroxylation is 1. The lowest BCUT2D eigenvalue weighted by Crippen LogP contribution is -2.12. The summed E-state index contributed by atoms with van der Waals surface area (Å²) in [6, 6.07) is 7.73. The first-order valence-electron chi connectivity index (χ1n) is 6.79. The van der Waals surface area contributed by atoms with Crippen molar-refractivity contribution in [2.75, 3.05) is 21.3 Å². The Morgan fingerprint density at radius 2 is 1.71 bits per heavy atom. The maximum atomic E-state index is 6.41. The summed E-state index contributed by atoms with van der Waals surface area (Å²) in [5.74, 6) is 1.82. The molecular weight excluding hydrogens is 286 g/mol. The van der Waals surface area contributed by atoms with E-state index in [2.05, 4.69) is 19.1 Å². The van der Waals surface area contributed by atoms with E-state index in [-0.39, 0.29) is 6.04 Å². The van der Waals surface area contributed by atoms with Crippen LogP contribution in [0.5, 0.6) is 17.2 Å². The molecule has 0 aliphatic heterocycles. The van der Waals surface area contributed by atoms with Crippen LogP contribution in [0.3, 0.4) is 0 Å². The molecular formula is C16H21NO3S. The van der Waals surface area contributed by atoms with Crippen LogP contribution in [0, 0.1) is 0 Å². The van der Waals surface area contributed by atoms with E-state index >= 15 is 0 Å². The molecule has 0 saturated carbocycles. The average molecular weight is 307 g/mol. The Hall–Kier alpha value is -1.72. The molecule has 1 atom stereocenters. The van der Waals surface area contributed by atoms with Crippen molar-refractivity contribution in [3.8, 4) is 17.2 Å². The maximum absolute atomic E-state index is 6.41. The second-order valence-electron chi connectivity index (χ2n) is 4.56. The fourth-order valence-corrected chi connectivity index (χ4v) is 3.25. The Morgan fingerprint density at radius 1 is 1.00 bits per heavy atom. The minimum Gasteiger partial charge on any atom is -0.493 e. The summed E-state index contributed by atoms with van der Waals surface area (Å²) in [6.07, 6.45) is 1.01. The van der Waals surface area contributed by atoms with Crippen molar-refractivity contribution in [1.82, 2.24) is 0 Å². The highest BCUT2D eigenvalue weighted by Gasteiger charge is 2.22. The molecule has 1 aromatic carbocycles. The second kappa shape index (κ2) is 6.83. The highest BCUT2D eigenvalue weighted by molar-refractivity contribution is 7.12. The average Bonchev–Trinajstić information content (AvgIpc) is 3.01. The molecule has 1 aromatic heterocycles. The highest BCUT2D eigenvalue weighted by Crippen LogP contribution is 2.43. The summed E-state index contributed by atoms with van der Waals surface area (Å²) >= 11 is 1.73. The predicted octanol–water partition coefficient (Wildman–Crippen LogP) is 3.38. The van der Waals surface area contributed by atoms with Gasteiger partial charge in [0.2, 0.25) is 5.75 Å². The molecule has 0 radical (unpaired) electrons. The number of hydrogen-bond donors (Lipinski definition) is 1. The lowest BCUT2D eigenvalue weighted by molar-refractivity contribution is 0.321. The smallest absolute Gasteiger partial charge is 0.203 e. The number of rotatable bonds is 6. The number of benzene rings is 1. The van der Waals surface area contributed by atoms with E-state index in [1.54, 1.807) is 32.7 Å². The summed E-state index contributed by atoms with van der Waals surface area (Å²) in [7, 11) is 4.80. The van der Waals surface area contributed by atoms with Gasteiger partial charge in [-0.15, -0.1) is 11.3 Å². The molecule has 5 heteroatoms. The monoisotopic (exact) mass is 307 g/mol. The lowest BCUT2D eigenvalue weighted by atomic mass is 10.0. The normalized spacial score (nSPS) is 12.0. The van der Waals surface area contributed by atoms with Gasteiger partial charge in [-0.05, 0) is 30.7 Å². The summed E-state index contributed by atoms with van der Waals surface area (Å²) in [5.41, 5.74) is 7.30. The van der Waals surface area contributed by atoms with Crippen LogP contribution in [-0.2, 0) is 6.42 Å². The van der Waals surface area contributed by atoms with Crippen LogP contribution in [0.25, 0.3) is 0 Å². The third-order valence-corrected chi connectivity index (χ3v) is 4.72. The maximum Gasteiger partial charge on any atom is 0.203 e. The Balaban J connectivity index is 2.47. The number of ether oxygens (including phenoxy) is 3. The third-order valence-electron chi connectivity index (χ3n) is 3.41. The number of nitrogens with two attached hydrogens (primary N) is 1. The molecule has 2 rings (SSSR count). The molecule has 1 unspecified atom stereocenters. The highest BCUT2D eigenvalue weighted by atomic mass is 32.1. The van der Waals surface area contributed by atoms with Gasteiger partial charge >= 0.3 is 0 Å². The van der Waals surface area contributed by atoms with Gasteiger partial charge in [0.15, 0.2) is 11.5 Å². The molecule has 0 aliphatic rings. The molecule has 1 heterocycles. The molecule has 2 N–H and O–H groups in total. The zero-order valence-electron chi connectivity index (χ0n) is 12.8. The third kappa shape index (κ3) is 2.99. The van der Waals surface area contributed by atoms with E-state index < -0.39 is 0 Å². The second-order valence-corrected chi connectivity index (χ2v) is 5.76. The minimum absolute atomic E-state index is 0.245. The Labute approximate surface area is 129 Å². The molecule has 2 aromatic rings. The van der Waals surface area contributed by atoms with Crippen LogP contribution in [-0.4, -0.2) is 21.3 Å². The summed E-state index contributed by atoms with van der Waals surface area (Å²) < 4.78 is 16.2. The number of thiophene rings is 1. The van der Waals surface area contributed by atoms with Gasteiger partial charge in [0.1, 0.15) is 0 Å². The summed E-state index contributed by atoms with van der Waals surface area (Å²) in [6.45, 7) is 2.14. The van der Waals surface area contributed by atoms with Gasteiger partial charge in [-0.2, -0.15) is 0 Å². The first-order valence-corrected chi connectivity index (χ1v) is 7.60. The first-order chi connectivity index (χ1) is 10.2. The van der Waals surface area contributed by atoms with E-state index in [4.69, 9.17) is 19.9 Å².